The van der Waals surface area contributed by atoms with Crippen LogP contribution in [0.15, 0.2) is 0 Å². The molecule has 0 aromatic carbocycles. The first-order valence-electron chi connectivity index (χ1n) is 13.9. The molecule has 4 rings (SSSR count). The molecule has 4 aliphatic carbocycles. The molecule has 0 saturated heterocycles. The van der Waals surface area contributed by atoms with Crippen molar-refractivity contribution < 1.29 is 15.0 Å². The number of ketones is 1. The van der Waals surface area contributed by atoms with Crippen LogP contribution in [0.25, 0.3) is 0 Å². The Hall–Kier alpha value is -0.410. The molecule has 32 heavy (non-hydrogen) atoms. The summed E-state index contributed by atoms with van der Waals surface area (Å²) in [5, 5.41) is 21.6. The van der Waals surface area contributed by atoms with Gasteiger partial charge in [0, 0.05) is 11.8 Å². The predicted molar refractivity (Wildman–Crippen MR) is 130 cm³/mol. The molecule has 0 bridgehead atoms. The second kappa shape index (κ2) is 8.99. The summed E-state index contributed by atoms with van der Waals surface area (Å²) >= 11 is 0. The minimum absolute atomic E-state index is 0.150. The Bertz CT molecular complexity index is 688. The van der Waals surface area contributed by atoms with Crippen molar-refractivity contribution >= 4 is 5.78 Å². The summed E-state index contributed by atoms with van der Waals surface area (Å²) in [4.78, 5) is 13.3. The van der Waals surface area contributed by atoms with Crippen LogP contribution in [0.4, 0.5) is 0 Å². The largest absolute Gasteiger partial charge is 0.393 e. The molecule has 0 heterocycles. The number of rotatable bonds is 6. The summed E-state index contributed by atoms with van der Waals surface area (Å²) < 4.78 is 0. The highest BCUT2D eigenvalue weighted by Crippen LogP contribution is 2.67. The van der Waals surface area contributed by atoms with Crippen molar-refractivity contribution in [1.29, 1.82) is 0 Å². The number of carbonyl (C=O) groups excluding carboxylic acids is 1. The van der Waals surface area contributed by atoms with E-state index in [9.17, 15) is 15.0 Å². The molecule has 2 N–H and O–H groups in total. The van der Waals surface area contributed by atoms with Gasteiger partial charge in [-0.1, -0.05) is 54.4 Å². The van der Waals surface area contributed by atoms with Crippen LogP contribution in [0, 0.1) is 58.2 Å². The maximum atomic E-state index is 13.3. The highest BCUT2D eigenvalue weighted by Gasteiger charge is 2.64. The topological polar surface area (TPSA) is 57.5 Å². The quantitative estimate of drug-likeness (QED) is 0.507. The van der Waals surface area contributed by atoms with Crippen molar-refractivity contribution in [2.75, 3.05) is 0 Å². The van der Waals surface area contributed by atoms with E-state index in [1.165, 1.54) is 38.5 Å². The first-order valence-corrected chi connectivity index (χ1v) is 13.9. The number of aliphatic hydroxyl groups excluding tert-OH is 2. The van der Waals surface area contributed by atoms with Gasteiger partial charge in [-0.25, -0.2) is 0 Å². The third kappa shape index (κ3) is 3.82. The van der Waals surface area contributed by atoms with Gasteiger partial charge in [-0.15, -0.1) is 0 Å². The molecular weight excluding hydrogens is 396 g/mol. The molecule has 11 atom stereocenters. The highest BCUT2D eigenvalue weighted by atomic mass is 16.3. The summed E-state index contributed by atoms with van der Waals surface area (Å²) in [6.45, 7) is 14.3. The van der Waals surface area contributed by atoms with Crippen molar-refractivity contribution in [3.8, 4) is 0 Å². The molecule has 3 heteroatoms. The molecule has 4 aliphatic rings. The molecule has 3 nitrogen and oxygen atoms in total. The van der Waals surface area contributed by atoms with Crippen molar-refractivity contribution in [2.24, 2.45) is 58.2 Å². The number of hydrogen-bond donors (Lipinski definition) is 2. The fourth-order valence-corrected chi connectivity index (χ4v) is 9.71. The van der Waals surface area contributed by atoms with Gasteiger partial charge in [-0.3, -0.25) is 4.79 Å². The summed E-state index contributed by atoms with van der Waals surface area (Å²) in [6.07, 6.45) is 9.68. The summed E-state index contributed by atoms with van der Waals surface area (Å²) in [7, 11) is 0. The highest BCUT2D eigenvalue weighted by molar-refractivity contribution is 5.86. The minimum atomic E-state index is -0.507. The minimum Gasteiger partial charge on any atom is -0.393 e. The zero-order valence-electron chi connectivity index (χ0n) is 21.6. The monoisotopic (exact) mass is 446 g/mol. The van der Waals surface area contributed by atoms with Gasteiger partial charge in [-0.05, 0) is 97.7 Å². The third-order valence-corrected chi connectivity index (χ3v) is 11.7. The van der Waals surface area contributed by atoms with Crippen LogP contribution in [-0.4, -0.2) is 28.2 Å². The van der Waals surface area contributed by atoms with Crippen LogP contribution in [0.5, 0.6) is 0 Å². The molecule has 0 spiro atoms. The first-order chi connectivity index (χ1) is 15.0. The SMILES string of the molecule is CC[C@@H](CC[C@@H](C)[C@H]1CC[C@H]2[C@@H]3[C@H](O)C[C@H]4C[C@@H](O)CC(=O)[C@]4(C)[C@H]3CC[C@]12C)C(C)C. The van der Waals surface area contributed by atoms with Gasteiger partial charge in [0.15, 0.2) is 0 Å². The Balaban J connectivity index is 1.52. The Labute approximate surface area is 197 Å². The molecule has 0 unspecified atom stereocenters. The van der Waals surface area contributed by atoms with Crippen LogP contribution in [0.2, 0.25) is 0 Å². The van der Waals surface area contributed by atoms with Crippen molar-refractivity contribution in [1.82, 2.24) is 0 Å². The molecule has 0 aromatic rings. The van der Waals surface area contributed by atoms with Gasteiger partial charge in [0.1, 0.15) is 5.78 Å². The van der Waals surface area contributed by atoms with Crippen LogP contribution >= 0.6 is 0 Å². The Morgan fingerprint density at radius 1 is 1.00 bits per heavy atom. The summed E-state index contributed by atoms with van der Waals surface area (Å²) in [5.74, 6) is 4.64. The maximum Gasteiger partial charge on any atom is 0.141 e. The van der Waals surface area contributed by atoms with Gasteiger partial charge < -0.3 is 10.2 Å². The normalized spacial score (nSPS) is 48.2. The van der Waals surface area contributed by atoms with Gasteiger partial charge in [0.25, 0.3) is 0 Å². The number of Topliss-reactive ketones (excluding diaryl/α,β-unsaturated/α-hetero) is 1. The average Bonchev–Trinajstić information content (AvgIpc) is 3.07. The Kier molecular flexibility index (Phi) is 6.94. The fraction of sp³-hybridized carbons (Fsp3) is 0.966. The van der Waals surface area contributed by atoms with Gasteiger partial charge in [-0.2, -0.15) is 0 Å². The smallest absolute Gasteiger partial charge is 0.141 e. The summed E-state index contributed by atoms with van der Waals surface area (Å²) in [5.41, 5.74) is -0.0265. The van der Waals surface area contributed by atoms with E-state index in [0.29, 0.717) is 36.5 Å². The lowest BCUT2D eigenvalue weighted by atomic mass is 9.43. The molecule has 0 radical (unpaired) electrons. The molecule has 4 saturated carbocycles. The van der Waals surface area contributed by atoms with Crippen LogP contribution in [0.1, 0.15) is 106 Å². The summed E-state index contributed by atoms with van der Waals surface area (Å²) in [6, 6.07) is 0. The van der Waals surface area contributed by atoms with E-state index in [2.05, 4.69) is 41.5 Å². The molecule has 0 amide bonds. The van der Waals surface area contributed by atoms with Gasteiger partial charge in [0.05, 0.1) is 12.2 Å². The average molecular weight is 447 g/mol. The molecule has 4 fully saturated rings. The van der Waals surface area contributed by atoms with Crippen molar-refractivity contribution in [3.63, 3.8) is 0 Å². The zero-order chi connectivity index (χ0) is 23.4. The number of carbonyl (C=O) groups is 1. The second-order valence-corrected chi connectivity index (χ2v) is 13.3. The zero-order valence-corrected chi connectivity index (χ0v) is 21.6. The molecule has 184 valence electrons. The number of aliphatic hydroxyl groups is 2. The van der Waals surface area contributed by atoms with Crippen LogP contribution in [-0.2, 0) is 4.79 Å². The molecule has 0 aromatic heterocycles. The Morgan fingerprint density at radius 3 is 2.38 bits per heavy atom. The van der Waals surface area contributed by atoms with Crippen molar-refractivity contribution in [2.45, 2.75) is 118 Å². The standard InChI is InChI=1S/C29H50O3/c1-7-19(17(2)3)9-8-18(4)22-10-11-23-27-24(12-13-28(22,23)5)29(6)20(15-25(27)31)14-21(30)16-26(29)32/h17-25,27,30-31H,7-16H2,1-6H3/t18-,19+,20-,21-,22-,23+,24+,25-,27+,28-,29+/m1/s1. The van der Waals surface area contributed by atoms with E-state index in [-0.39, 0.29) is 29.1 Å². The lowest BCUT2D eigenvalue weighted by molar-refractivity contribution is -0.182. The van der Waals surface area contributed by atoms with Crippen LogP contribution < -0.4 is 0 Å². The van der Waals surface area contributed by atoms with E-state index in [1.807, 2.05) is 0 Å². The lowest BCUT2D eigenvalue weighted by Crippen LogP contribution is -2.61. The number of fused-ring (bicyclic) bond motifs is 5. The second-order valence-electron chi connectivity index (χ2n) is 13.3. The van der Waals surface area contributed by atoms with Gasteiger partial charge in [0.2, 0.25) is 0 Å². The third-order valence-electron chi connectivity index (χ3n) is 11.7. The van der Waals surface area contributed by atoms with E-state index in [0.717, 1.165) is 30.1 Å². The van der Waals surface area contributed by atoms with E-state index in [1.54, 1.807) is 0 Å². The van der Waals surface area contributed by atoms with E-state index < -0.39 is 6.10 Å². The predicted octanol–water partition coefficient (Wildman–Crippen LogP) is 6.25. The lowest BCUT2D eigenvalue weighted by Gasteiger charge is -2.61. The van der Waals surface area contributed by atoms with E-state index in [4.69, 9.17) is 0 Å². The Morgan fingerprint density at radius 2 is 1.72 bits per heavy atom. The first kappa shape index (κ1) is 24.7. The van der Waals surface area contributed by atoms with Crippen LogP contribution in [0.3, 0.4) is 0 Å². The molecular formula is C29H50O3. The number of hydrogen-bond acceptors (Lipinski definition) is 3. The van der Waals surface area contributed by atoms with E-state index >= 15 is 0 Å². The fourth-order valence-electron chi connectivity index (χ4n) is 9.71. The van der Waals surface area contributed by atoms with Gasteiger partial charge >= 0.3 is 0 Å². The van der Waals surface area contributed by atoms with Crippen molar-refractivity contribution in [3.05, 3.63) is 0 Å². The maximum absolute atomic E-state index is 13.3. The molecule has 0 aliphatic heterocycles.